The van der Waals surface area contributed by atoms with E-state index >= 15 is 0 Å². The summed E-state index contributed by atoms with van der Waals surface area (Å²) in [6, 6.07) is 7.81. The molecule has 0 radical (unpaired) electrons. The Bertz CT molecular complexity index is 975. The van der Waals surface area contributed by atoms with Crippen molar-refractivity contribution in [2.24, 2.45) is 5.92 Å². The molecule has 3 heterocycles. The van der Waals surface area contributed by atoms with Crippen LogP contribution in [0.4, 0.5) is 4.79 Å². The number of para-hydroxylation sites is 1. The number of aromatic nitrogens is 1. The summed E-state index contributed by atoms with van der Waals surface area (Å²) in [5, 5.41) is 1.00. The molecule has 0 amide bonds. The molecule has 0 fully saturated rings. The van der Waals surface area contributed by atoms with Gasteiger partial charge in [0.2, 0.25) is 0 Å². The van der Waals surface area contributed by atoms with E-state index < -0.39 is 12.0 Å². The number of ether oxygens (including phenoxy) is 2. The number of methoxy groups -OCH3 is 2. The maximum Gasteiger partial charge on any atom is 0.418 e. The van der Waals surface area contributed by atoms with Crippen molar-refractivity contribution in [2.45, 2.75) is 32.1 Å². The highest BCUT2D eigenvalue weighted by atomic mass is 16.5. The summed E-state index contributed by atoms with van der Waals surface area (Å²) in [6.07, 6.45) is 4.26. The molecule has 2 aliphatic rings. The minimum atomic E-state index is -0.515. The van der Waals surface area contributed by atoms with Crippen molar-refractivity contribution >= 4 is 23.0 Å². The van der Waals surface area contributed by atoms with Gasteiger partial charge in [0.15, 0.2) is 0 Å². The Kier molecular flexibility index (Phi) is 5.46. The van der Waals surface area contributed by atoms with E-state index in [4.69, 9.17) is 9.47 Å². The first kappa shape index (κ1) is 19.7. The largest absolute Gasteiger partial charge is 0.469 e. The average molecular weight is 396 g/mol. The maximum absolute atomic E-state index is 12.9. The number of hydrogen-bond donors (Lipinski definition) is 0. The lowest BCUT2D eigenvalue weighted by Crippen LogP contribution is -2.36. The second-order valence-electron chi connectivity index (χ2n) is 7.92. The van der Waals surface area contributed by atoms with E-state index in [1.54, 1.807) is 4.57 Å². The zero-order valence-corrected chi connectivity index (χ0v) is 17.3. The zero-order chi connectivity index (χ0) is 20.5. The van der Waals surface area contributed by atoms with Crippen LogP contribution >= 0.6 is 0 Å². The second kappa shape index (κ2) is 8.03. The normalized spacial score (nSPS) is 24.0. The molecule has 1 unspecified atom stereocenters. The first-order valence-corrected chi connectivity index (χ1v) is 10.3. The molecule has 0 saturated carbocycles. The number of carbonyl (C=O) groups excluding carboxylic acids is 2. The lowest BCUT2D eigenvalue weighted by molar-refractivity contribution is -0.143. The predicted octanol–water partition coefficient (Wildman–Crippen LogP) is 3.73. The fourth-order valence-corrected chi connectivity index (χ4v) is 4.94. The quantitative estimate of drug-likeness (QED) is 0.572. The Morgan fingerprint density at radius 3 is 2.69 bits per heavy atom. The smallest absolute Gasteiger partial charge is 0.418 e. The van der Waals surface area contributed by atoms with Crippen molar-refractivity contribution in [3.63, 3.8) is 0 Å². The van der Waals surface area contributed by atoms with Crippen LogP contribution < -0.4 is 0 Å². The van der Waals surface area contributed by atoms with Gasteiger partial charge in [-0.3, -0.25) is 9.69 Å². The number of esters is 1. The minimum Gasteiger partial charge on any atom is -0.469 e. The highest BCUT2D eigenvalue weighted by molar-refractivity contribution is 5.96. The van der Waals surface area contributed by atoms with E-state index in [1.165, 1.54) is 19.8 Å². The molecule has 0 N–H and O–H groups in total. The number of hydrogen-bond acceptors (Lipinski definition) is 5. The molecule has 2 aromatic rings. The lowest BCUT2D eigenvalue weighted by Gasteiger charge is -2.32. The van der Waals surface area contributed by atoms with Crippen LogP contribution in [0.2, 0.25) is 0 Å². The number of nitrogens with zero attached hydrogens (tertiary/aromatic N) is 2. The van der Waals surface area contributed by atoms with Crippen molar-refractivity contribution in [1.29, 1.82) is 0 Å². The van der Waals surface area contributed by atoms with Gasteiger partial charge in [-0.25, -0.2) is 9.36 Å². The monoisotopic (exact) mass is 396 g/mol. The van der Waals surface area contributed by atoms with Crippen LogP contribution in [0.5, 0.6) is 0 Å². The molecule has 2 bridgehead atoms. The number of benzene rings is 1. The highest BCUT2D eigenvalue weighted by Gasteiger charge is 2.36. The molecule has 4 rings (SSSR count). The fourth-order valence-electron chi connectivity index (χ4n) is 4.94. The van der Waals surface area contributed by atoms with Crippen LogP contribution in [0, 0.1) is 5.92 Å². The standard InChI is InChI=1S/C23H28N2O4/c1-4-15-11-16-12-19(22(26)28-2)21-18(9-10-24(13-15)14-16)17-7-5-6-8-20(17)25(21)23(27)29-3/h5-8,11,16,19H,4,9-10,12-14H2,1-3H3/t16-,19-/m0/s1. The Hall–Kier alpha value is -2.60. The summed E-state index contributed by atoms with van der Waals surface area (Å²) in [5.74, 6) is -0.568. The van der Waals surface area contributed by atoms with Crippen LogP contribution in [0.25, 0.3) is 10.9 Å². The zero-order valence-electron chi connectivity index (χ0n) is 17.3. The van der Waals surface area contributed by atoms with Crippen molar-refractivity contribution in [3.8, 4) is 0 Å². The SMILES string of the molecule is CCC1=C[C@H]2C[C@H](C(=O)OC)c3c(c4ccccc4n3C(=O)OC)CCN(C1)C2. The van der Waals surface area contributed by atoms with Crippen molar-refractivity contribution < 1.29 is 19.1 Å². The van der Waals surface area contributed by atoms with Crippen LogP contribution in [0.1, 0.15) is 36.9 Å². The summed E-state index contributed by atoms with van der Waals surface area (Å²) in [6.45, 7) is 4.97. The van der Waals surface area contributed by atoms with E-state index in [1.807, 2.05) is 24.3 Å². The molecule has 1 aromatic heterocycles. The lowest BCUT2D eigenvalue weighted by atomic mass is 9.87. The second-order valence-corrected chi connectivity index (χ2v) is 7.92. The molecule has 0 aliphatic carbocycles. The predicted molar refractivity (Wildman–Crippen MR) is 111 cm³/mol. The van der Waals surface area contributed by atoms with E-state index in [9.17, 15) is 9.59 Å². The first-order valence-electron chi connectivity index (χ1n) is 10.3. The molecule has 0 spiro atoms. The van der Waals surface area contributed by atoms with Crippen LogP contribution in [-0.4, -0.2) is 55.4 Å². The van der Waals surface area contributed by atoms with E-state index in [-0.39, 0.29) is 11.9 Å². The highest BCUT2D eigenvalue weighted by Crippen LogP contribution is 2.38. The summed E-state index contributed by atoms with van der Waals surface area (Å²) < 4.78 is 11.9. The summed E-state index contributed by atoms with van der Waals surface area (Å²) in [4.78, 5) is 28.2. The Balaban J connectivity index is 1.95. The molecular formula is C23H28N2O4. The molecule has 154 valence electrons. The molecule has 6 heteroatoms. The first-order chi connectivity index (χ1) is 14.1. The Labute approximate surface area is 171 Å². The van der Waals surface area contributed by atoms with Gasteiger partial charge in [0.1, 0.15) is 0 Å². The van der Waals surface area contributed by atoms with Gasteiger partial charge in [0.25, 0.3) is 0 Å². The van der Waals surface area contributed by atoms with Gasteiger partial charge in [-0.2, -0.15) is 0 Å². The third-order valence-electron chi connectivity index (χ3n) is 6.25. The fraction of sp³-hybridized carbons (Fsp3) is 0.478. The van der Waals surface area contributed by atoms with Gasteiger partial charge in [-0.05, 0) is 36.8 Å². The molecule has 1 aromatic carbocycles. The van der Waals surface area contributed by atoms with E-state index in [2.05, 4.69) is 17.9 Å². The average Bonchev–Trinajstić information content (AvgIpc) is 3.10. The van der Waals surface area contributed by atoms with Crippen LogP contribution in [0.3, 0.4) is 0 Å². The molecule has 29 heavy (non-hydrogen) atoms. The Morgan fingerprint density at radius 1 is 1.17 bits per heavy atom. The third-order valence-corrected chi connectivity index (χ3v) is 6.25. The molecule has 3 atom stereocenters. The van der Waals surface area contributed by atoms with Crippen LogP contribution in [0.15, 0.2) is 35.9 Å². The third kappa shape index (κ3) is 3.46. The molecular weight excluding hydrogens is 368 g/mol. The van der Waals surface area contributed by atoms with E-state index in [0.717, 1.165) is 54.6 Å². The summed E-state index contributed by atoms with van der Waals surface area (Å²) in [7, 11) is 2.79. The molecule has 0 saturated heterocycles. The van der Waals surface area contributed by atoms with Gasteiger partial charge < -0.3 is 9.47 Å². The van der Waals surface area contributed by atoms with Crippen molar-refractivity contribution in [2.75, 3.05) is 33.9 Å². The number of carbonyl (C=O) groups is 2. The van der Waals surface area contributed by atoms with Gasteiger partial charge in [0, 0.05) is 30.7 Å². The maximum atomic E-state index is 12.9. The molecule has 2 aliphatic heterocycles. The van der Waals surface area contributed by atoms with Gasteiger partial charge in [-0.15, -0.1) is 0 Å². The number of fused-ring (bicyclic) bond motifs is 5. The van der Waals surface area contributed by atoms with Gasteiger partial charge in [0.05, 0.1) is 25.7 Å². The number of rotatable bonds is 2. The summed E-state index contributed by atoms with van der Waals surface area (Å²) in [5.41, 5.74) is 3.97. The topological polar surface area (TPSA) is 60.8 Å². The molecule has 6 nitrogen and oxygen atoms in total. The Morgan fingerprint density at radius 2 is 1.97 bits per heavy atom. The summed E-state index contributed by atoms with van der Waals surface area (Å²) >= 11 is 0. The van der Waals surface area contributed by atoms with E-state index in [0.29, 0.717) is 6.42 Å². The van der Waals surface area contributed by atoms with Crippen molar-refractivity contribution in [1.82, 2.24) is 9.47 Å². The minimum absolute atomic E-state index is 0.248. The van der Waals surface area contributed by atoms with Gasteiger partial charge in [-0.1, -0.05) is 36.8 Å². The van der Waals surface area contributed by atoms with Gasteiger partial charge >= 0.3 is 12.1 Å². The van der Waals surface area contributed by atoms with Crippen molar-refractivity contribution in [3.05, 3.63) is 47.2 Å². The van der Waals surface area contributed by atoms with Crippen LogP contribution in [-0.2, 0) is 20.7 Å².